The van der Waals surface area contributed by atoms with E-state index in [1.165, 1.54) is 0 Å². The summed E-state index contributed by atoms with van der Waals surface area (Å²) in [6.07, 6.45) is -0.364. The van der Waals surface area contributed by atoms with Crippen LogP contribution in [0.25, 0.3) is 0 Å². The number of carbonyl (C=O) groups excluding carboxylic acids is 1. The van der Waals surface area contributed by atoms with Crippen molar-refractivity contribution in [2.75, 3.05) is 0 Å². The average molecular weight is 368 g/mol. The van der Waals surface area contributed by atoms with E-state index >= 15 is 0 Å². The summed E-state index contributed by atoms with van der Waals surface area (Å²) in [6.45, 7) is 5.45. The molecular weight excluding hydrogens is 353 g/mol. The number of carbonyl (C=O) groups is 1. The van der Waals surface area contributed by atoms with Crippen LogP contribution in [0.5, 0.6) is 0 Å². The van der Waals surface area contributed by atoms with Crippen LogP contribution in [0.1, 0.15) is 31.1 Å². The Morgan fingerprint density at radius 1 is 1.35 bits per heavy atom. The van der Waals surface area contributed by atoms with Crippen LogP contribution in [-0.2, 0) is 14.8 Å². The number of ether oxygens (including phenoxy) is 1. The van der Waals surface area contributed by atoms with Gasteiger partial charge in [0.25, 0.3) is 0 Å². The molecule has 0 aliphatic heterocycles. The van der Waals surface area contributed by atoms with Gasteiger partial charge in [0.05, 0.1) is 5.56 Å². The van der Waals surface area contributed by atoms with Crippen molar-refractivity contribution in [1.29, 1.82) is 0 Å². The van der Waals surface area contributed by atoms with Gasteiger partial charge in [-0.15, -0.1) is 0 Å². The van der Waals surface area contributed by atoms with E-state index in [0.717, 1.165) is 12.1 Å². The normalized spacial score (nSPS) is 13.3. The molecule has 0 radical (unpaired) electrons. The molecule has 0 saturated carbocycles. The van der Waals surface area contributed by atoms with Gasteiger partial charge in [-0.05, 0) is 40.9 Å². The molecule has 0 aromatic heterocycles. The summed E-state index contributed by atoms with van der Waals surface area (Å²) in [6, 6.07) is 1.74. The number of sulfonamides is 1. The first-order valence-corrected chi connectivity index (χ1v) is 8.10. The number of hydrogen-bond donors (Lipinski definition) is 1. The molecule has 0 amide bonds. The Morgan fingerprint density at radius 2 is 1.90 bits per heavy atom. The van der Waals surface area contributed by atoms with Crippen molar-refractivity contribution in [3.63, 3.8) is 0 Å². The summed E-state index contributed by atoms with van der Waals surface area (Å²) in [5, 5.41) is 4.89. The maximum absolute atomic E-state index is 13.5. The largest absolute Gasteiger partial charge is 0.459 e. The second-order valence-corrected chi connectivity index (χ2v) is 7.05. The minimum absolute atomic E-state index is 0.0934. The van der Waals surface area contributed by atoms with Gasteiger partial charge in [-0.25, -0.2) is 22.7 Å². The van der Waals surface area contributed by atoms with Crippen LogP contribution >= 0.6 is 15.9 Å². The monoisotopic (exact) mass is 367 g/mol. The summed E-state index contributed by atoms with van der Waals surface area (Å²) in [4.78, 5) is 11.2. The third kappa shape index (κ3) is 4.00. The standard InChI is InChI=1S/C12H15BrFNO4S/c1-6(2)7(3)19-12(16)8-4-11(20(15,17)18)10(14)5-9(8)13/h4-7H,1-3H3,(H2,15,17,18). The lowest BCUT2D eigenvalue weighted by atomic mass is 10.1. The summed E-state index contributed by atoms with van der Waals surface area (Å²) in [5.41, 5.74) is -0.0945. The Labute approximate surface area is 125 Å². The zero-order valence-corrected chi connectivity index (χ0v) is 13.6. The van der Waals surface area contributed by atoms with E-state index in [1.807, 2.05) is 13.8 Å². The van der Waals surface area contributed by atoms with E-state index in [1.54, 1.807) is 6.92 Å². The molecule has 1 aromatic rings. The second-order valence-electron chi connectivity index (χ2n) is 4.66. The number of nitrogens with two attached hydrogens (primary N) is 1. The van der Waals surface area contributed by atoms with E-state index in [-0.39, 0.29) is 22.1 Å². The average Bonchev–Trinajstić information content (AvgIpc) is 2.26. The minimum atomic E-state index is -4.25. The summed E-state index contributed by atoms with van der Waals surface area (Å²) in [7, 11) is -4.25. The highest BCUT2D eigenvalue weighted by molar-refractivity contribution is 9.10. The van der Waals surface area contributed by atoms with Crippen molar-refractivity contribution in [2.24, 2.45) is 11.1 Å². The summed E-state index contributed by atoms with van der Waals surface area (Å²) < 4.78 is 41.3. The molecule has 1 aromatic carbocycles. The molecule has 2 N–H and O–H groups in total. The highest BCUT2D eigenvalue weighted by Gasteiger charge is 2.23. The van der Waals surface area contributed by atoms with E-state index < -0.39 is 26.7 Å². The molecule has 1 unspecified atom stereocenters. The van der Waals surface area contributed by atoms with Crippen LogP contribution in [0.2, 0.25) is 0 Å². The zero-order chi connectivity index (χ0) is 15.7. The molecule has 0 aliphatic carbocycles. The van der Waals surface area contributed by atoms with Gasteiger partial charge in [-0.3, -0.25) is 0 Å². The van der Waals surface area contributed by atoms with Crippen LogP contribution in [0, 0.1) is 11.7 Å². The Morgan fingerprint density at radius 3 is 2.35 bits per heavy atom. The Hall–Kier alpha value is -0.990. The minimum Gasteiger partial charge on any atom is -0.459 e. The van der Waals surface area contributed by atoms with Gasteiger partial charge in [0.15, 0.2) is 0 Å². The lowest BCUT2D eigenvalue weighted by Gasteiger charge is -2.17. The topological polar surface area (TPSA) is 86.5 Å². The molecule has 0 heterocycles. The fraction of sp³-hybridized carbons (Fsp3) is 0.417. The van der Waals surface area contributed by atoms with Gasteiger partial charge in [0.1, 0.15) is 16.8 Å². The van der Waals surface area contributed by atoms with Crippen molar-refractivity contribution >= 4 is 31.9 Å². The predicted octanol–water partition coefficient (Wildman–Crippen LogP) is 2.44. The van der Waals surface area contributed by atoms with Gasteiger partial charge in [-0.2, -0.15) is 0 Å². The van der Waals surface area contributed by atoms with Crippen LogP contribution in [0.3, 0.4) is 0 Å². The van der Waals surface area contributed by atoms with Gasteiger partial charge in [0, 0.05) is 4.47 Å². The second kappa shape index (κ2) is 6.19. The fourth-order valence-electron chi connectivity index (χ4n) is 1.27. The maximum Gasteiger partial charge on any atom is 0.339 e. The number of halogens is 2. The molecular formula is C12H15BrFNO4S. The highest BCUT2D eigenvalue weighted by Crippen LogP contribution is 2.25. The first-order valence-electron chi connectivity index (χ1n) is 5.77. The van der Waals surface area contributed by atoms with Crippen molar-refractivity contribution < 1.29 is 22.3 Å². The van der Waals surface area contributed by atoms with E-state index in [9.17, 15) is 17.6 Å². The molecule has 0 aliphatic rings. The number of esters is 1. The predicted molar refractivity (Wildman–Crippen MR) is 75.2 cm³/mol. The number of hydrogen-bond acceptors (Lipinski definition) is 4. The molecule has 8 heteroatoms. The van der Waals surface area contributed by atoms with Crippen molar-refractivity contribution in [3.8, 4) is 0 Å². The lowest BCUT2D eigenvalue weighted by molar-refractivity contribution is 0.0236. The van der Waals surface area contributed by atoms with Gasteiger partial charge < -0.3 is 4.74 Å². The van der Waals surface area contributed by atoms with Crippen molar-refractivity contribution in [3.05, 3.63) is 28.0 Å². The van der Waals surface area contributed by atoms with Crippen molar-refractivity contribution in [2.45, 2.75) is 31.8 Å². The Balaban J connectivity index is 3.22. The number of primary sulfonamides is 1. The van der Waals surface area contributed by atoms with Crippen LogP contribution in [0.4, 0.5) is 4.39 Å². The SMILES string of the molecule is CC(C)C(C)OC(=O)c1cc(S(N)(=O)=O)c(F)cc1Br. The summed E-state index contributed by atoms with van der Waals surface area (Å²) in [5.74, 6) is -1.69. The molecule has 0 spiro atoms. The Bertz CT molecular complexity index is 631. The first-order chi connectivity index (χ1) is 9.04. The van der Waals surface area contributed by atoms with Crippen LogP contribution < -0.4 is 5.14 Å². The molecule has 0 bridgehead atoms. The molecule has 0 fully saturated rings. The molecule has 0 saturated heterocycles. The lowest BCUT2D eigenvalue weighted by Crippen LogP contribution is -2.21. The Kier molecular flexibility index (Phi) is 5.28. The summed E-state index contributed by atoms with van der Waals surface area (Å²) >= 11 is 3.00. The van der Waals surface area contributed by atoms with Crippen LogP contribution in [-0.4, -0.2) is 20.5 Å². The first kappa shape index (κ1) is 17.1. The van der Waals surface area contributed by atoms with Gasteiger partial charge in [-0.1, -0.05) is 13.8 Å². The van der Waals surface area contributed by atoms with E-state index in [4.69, 9.17) is 9.88 Å². The molecule has 1 rings (SSSR count). The van der Waals surface area contributed by atoms with Crippen molar-refractivity contribution in [1.82, 2.24) is 0 Å². The smallest absolute Gasteiger partial charge is 0.339 e. The van der Waals surface area contributed by atoms with E-state index in [0.29, 0.717) is 0 Å². The molecule has 1 atom stereocenters. The zero-order valence-electron chi connectivity index (χ0n) is 11.2. The highest BCUT2D eigenvalue weighted by atomic mass is 79.9. The number of benzene rings is 1. The van der Waals surface area contributed by atoms with Crippen LogP contribution in [0.15, 0.2) is 21.5 Å². The van der Waals surface area contributed by atoms with Gasteiger partial charge in [0.2, 0.25) is 10.0 Å². The third-order valence-corrected chi connectivity index (χ3v) is 4.36. The quantitative estimate of drug-likeness (QED) is 0.827. The third-order valence-electron chi connectivity index (χ3n) is 2.78. The molecule has 20 heavy (non-hydrogen) atoms. The maximum atomic E-state index is 13.5. The molecule has 112 valence electrons. The van der Waals surface area contributed by atoms with Gasteiger partial charge >= 0.3 is 5.97 Å². The van der Waals surface area contributed by atoms with E-state index in [2.05, 4.69) is 15.9 Å². The fourth-order valence-corrected chi connectivity index (χ4v) is 2.36. The number of rotatable bonds is 4. The molecule has 5 nitrogen and oxygen atoms in total.